The van der Waals surface area contributed by atoms with Crippen molar-refractivity contribution in [2.75, 3.05) is 12.4 Å². The number of ether oxygens (including phenoxy) is 1. The summed E-state index contributed by atoms with van der Waals surface area (Å²) >= 11 is 0. The lowest BCUT2D eigenvalue weighted by molar-refractivity contribution is 0.102. The number of hydrogen-bond donors (Lipinski definition) is 2. The van der Waals surface area contributed by atoms with E-state index in [1.807, 2.05) is 31.2 Å². The number of rotatable bonds is 6. The molecule has 2 N–H and O–H groups in total. The molecule has 0 aliphatic carbocycles. The van der Waals surface area contributed by atoms with Gasteiger partial charge in [-0.3, -0.25) is 9.89 Å². The van der Waals surface area contributed by atoms with Crippen molar-refractivity contribution in [2.24, 2.45) is 0 Å². The van der Waals surface area contributed by atoms with Gasteiger partial charge in [0, 0.05) is 11.6 Å². The number of methoxy groups -OCH3 is 1. The summed E-state index contributed by atoms with van der Waals surface area (Å²) in [5, 5.41) is 14.2. The van der Waals surface area contributed by atoms with Gasteiger partial charge in [0.25, 0.3) is 5.91 Å². The molecular weight excluding hydrogens is 385 g/mol. The molecule has 8 heteroatoms. The van der Waals surface area contributed by atoms with Crippen molar-refractivity contribution in [3.05, 3.63) is 77.9 Å². The summed E-state index contributed by atoms with van der Waals surface area (Å²) < 4.78 is 20.2. The Bertz CT molecular complexity index is 1180. The summed E-state index contributed by atoms with van der Waals surface area (Å²) in [6, 6.07) is 15.2. The van der Waals surface area contributed by atoms with Gasteiger partial charge in [0.15, 0.2) is 5.82 Å². The lowest BCUT2D eigenvalue weighted by Gasteiger charge is -2.08. The molecule has 4 aromatic rings. The van der Waals surface area contributed by atoms with Gasteiger partial charge in [-0.05, 0) is 42.8 Å². The minimum absolute atomic E-state index is 0.321. The highest BCUT2D eigenvalue weighted by molar-refractivity contribution is 6.04. The van der Waals surface area contributed by atoms with Gasteiger partial charge in [-0.1, -0.05) is 19.1 Å². The summed E-state index contributed by atoms with van der Waals surface area (Å²) in [5.41, 5.74) is 3.40. The number of benzene rings is 2. The highest BCUT2D eigenvalue weighted by Gasteiger charge is 2.19. The number of nitrogens with one attached hydrogen (secondary N) is 2. The molecule has 0 saturated heterocycles. The molecule has 0 aliphatic rings. The predicted octanol–water partition coefficient (Wildman–Crippen LogP) is 4.22. The van der Waals surface area contributed by atoms with Crippen LogP contribution in [0.2, 0.25) is 0 Å². The van der Waals surface area contributed by atoms with Crippen molar-refractivity contribution in [1.29, 1.82) is 0 Å². The maximum Gasteiger partial charge on any atom is 0.260 e. The van der Waals surface area contributed by atoms with Crippen LogP contribution in [0.15, 0.2) is 60.8 Å². The Balaban J connectivity index is 1.58. The molecule has 1 amide bonds. The number of nitrogens with zero attached hydrogens (tertiary/aromatic N) is 3. The van der Waals surface area contributed by atoms with Crippen LogP contribution in [0.4, 0.5) is 10.2 Å². The van der Waals surface area contributed by atoms with E-state index in [4.69, 9.17) is 4.74 Å². The van der Waals surface area contributed by atoms with Crippen molar-refractivity contribution in [3.63, 3.8) is 0 Å². The SMILES string of the molecule is CCc1c(C(=O)Nc2cc(-c3ccccc3OC)[nH]n2)cnn1-c1ccc(F)cc1. The number of hydrogen-bond acceptors (Lipinski definition) is 4. The monoisotopic (exact) mass is 405 g/mol. The molecule has 0 radical (unpaired) electrons. The first kappa shape index (κ1) is 19.4. The second kappa shape index (κ2) is 8.20. The third kappa shape index (κ3) is 3.67. The van der Waals surface area contributed by atoms with E-state index in [2.05, 4.69) is 20.6 Å². The molecule has 30 heavy (non-hydrogen) atoms. The smallest absolute Gasteiger partial charge is 0.260 e. The van der Waals surface area contributed by atoms with Gasteiger partial charge >= 0.3 is 0 Å². The van der Waals surface area contributed by atoms with Gasteiger partial charge in [-0.25, -0.2) is 9.07 Å². The van der Waals surface area contributed by atoms with Crippen LogP contribution in [0.3, 0.4) is 0 Å². The molecule has 0 aliphatic heterocycles. The quantitative estimate of drug-likeness (QED) is 0.503. The Hall–Kier alpha value is -3.94. The highest BCUT2D eigenvalue weighted by atomic mass is 19.1. The zero-order chi connectivity index (χ0) is 21.1. The molecular formula is C22H20FN5O2. The average molecular weight is 405 g/mol. The van der Waals surface area contributed by atoms with Crippen molar-refractivity contribution in [3.8, 4) is 22.7 Å². The maximum atomic E-state index is 13.2. The van der Waals surface area contributed by atoms with Crippen LogP contribution >= 0.6 is 0 Å². The number of carbonyl (C=O) groups is 1. The van der Waals surface area contributed by atoms with E-state index in [0.717, 1.165) is 17.0 Å². The van der Waals surface area contributed by atoms with Crippen molar-refractivity contribution in [1.82, 2.24) is 20.0 Å². The minimum Gasteiger partial charge on any atom is -0.496 e. The van der Waals surface area contributed by atoms with Crippen LogP contribution in [0.1, 0.15) is 23.0 Å². The highest BCUT2D eigenvalue weighted by Crippen LogP contribution is 2.29. The molecule has 0 fully saturated rings. The molecule has 2 aromatic carbocycles. The maximum absolute atomic E-state index is 13.2. The molecule has 0 unspecified atom stereocenters. The van der Waals surface area contributed by atoms with Crippen LogP contribution in [-0.4, -0.2) is 33.0 Å². The van der Waals surface area contributed by atoms with Crippen LogP contribution in [0, 0.1) is 5.82 Å². The molecule has 0 saturated carbocycles. The van der Waals surface area contributed by atoms with Crippen LogP contribution in [-0.2, 0) is 6.42 Å². The predicted molar refractivity (Wildman–Crippen MR) is 111 cm³/mol. The number of aromatic amines is 1. The molecule has 0 bridgehead atoms. The van der Waals surface area contributed by atoms with E-state index in [1.165, 1.54) is 18.3 Å². The number of halogens is 1. The molecule has 0 atom stereocenters. The van der Waals surface area contributed by atoms with Gasteiger partial charge < -0.3 is 10.1 Å². The second-order valence-corrected chi connectivity index (χ2v) is 6.57. The van der Waals surface area contributed by atoms with Crippen LogP contribution < -0.4 is 10.1 Å². The first-order valence-electron chi connectivity index (χ1n) is 9.43. The van der Waals surface area contributed by atoms with Gasteiger partial charge in [0.05, 0.1) is 35.9 Å². The molecule has 7 nitrogen and oxygen atoms in total. The number of para-hydroxylation sites is 1. The van der Waals surface area contributed by atoms with E-state index >= 15 is 0 Å². The molecule has 2 heterocycles. The fraction of sp³-hybridized carbons (Fsp3) is 0.136. The number of amides is 1. The Kier molecular flexibility index (Phi) is 5.30. The molecule has 2 aromatic heterocycles. The fourth-order valence-electron chi connectivity index (χ4n) is 3.28. The first-order chi connectivity index (χ1) is 14.6. The Morgan fingerprint density at radius 3 is 2.70 bits per heavy atom. The minimum atomic E-state index is -0.327. The number of H-pyrrole nitrogens is 1. The third-order valence-corrected chi connectivity index (χ3v) is 4.74. The standard InChI is InChI=1S/C22H20FN5O2/c1-3-19-17(13-24-28(19)15-10-8-14(23)9-11-15)22(29)25-21-12-18(26-27-21)16-6-4-5-7-20(16)30-2/h4-13H,3H2,1-2H3,(H2,25,26,27,29). The summed E-state index contributed by atoms with van der Waals surface area (Å²) in [7, 11) is 1.60. The zero-order valence-electron chi connectivity index (χ0n) is 16.5. The lowest BCUT2D eigenvalue weighted by Crippen LogP contribution is -2.14. The molecule has 4 rings (SSSR count). The number of carbonyl (C=O) groups excluding carboxylic acids is 1. The van der Waals surface area contributed by atoms with Crippen molar-refractivity contribution < 1.29 is 13.9 Å². The van der Waals surface area contributed by atoms with Gasteiger partial charge in [0.2, 0.25) is 0 Å². The topological polar surface area (TPSA) is 84.8 Å². The van der Waals surface area contributed by atoms with Crippen molar-refractivity contribution >= 4 is 11.7 Å². The number of aromatic nitrogens is 4. The lowest BCUT2D eigenvalue weighted by atomic mass is 10.1. The van der Waals surface area contributed by atoms with E-state index in [9.17, 15) is 9.18 Å². The average Bonchev–Trinajstić information content (AvgIpc) is 3.41. The molecule has 152 valence electrons. The summed E-state index contributed by atoms with van der Waals surface area (Å²) in [5.74, 6) is 0.440. The van der Waals surface area contributed by atoms with Crippen LogP contribution in [0.25, 0.3) is 16.9 Å². The zero-order valence-corrected chi connectivity index (χ0v) is 16.5. The van der Waals surface area contributed by atoms with Gasteiger partial charge in [-0.15, -0.1) is 0 Å². The summed E-state index contributed by atoms with van der Waals surface area (Å²) in [6.07, 6.45) is 2.08. The van der Waals surface area contributed by atoms with Gasteiger partial charge in [0.1, 0.15) is 11.6 Å². The largest absolute Gasteiger partial charge is 0.496 e. The van der Waals surface area contributed by atoms with E-state index < -0.39 is 0 Å². The van der Waals surface area contributed by atoms with E-state index in [0.29, 0.717) is 29.2 Å². The van der Waals surface area contributed by atoms with Crippen LogP contribution in [0.5, 0.6) is 5.75 Å². The summed E-state index contributed by atoms with van der Waals surface area (Å²) in [6.45, 7) is 1.93. The Labute approximate surface area is 172 Å². The second-order valence-electron chi connectivity index (χ2n) is 6.57. The van der Waals surface area contributed by atoms with Crippen molar-refractivity contribution in [2.45, 2.75) is 13.3 Å². The summed E-state index contributed by atoms with van der Waals surface area (Å²) in [4.78, 5) is 12.9. The normalized spacial score (nSPS) is 10.8. The van der Waals surface area contributed by atoms with Gasteiger partial charge in [-0.2, -0.15) is 10.2 Å². The third-order valence-electron chi connectivity index (χ3n) is 4.74. The Morgan fingerprint density at radius 2 is 1.97 bits per heavy atom. The number of anilines is 1. The fourth-order valence-corrected chi connectivity index (χ4v) is 3.28. The first-order valence-corrected chi connectivity index (χ1v) is 9.43. The van der Waals surface area contributed by atoms with E-state index in [-0.39, 0.29) is 11.7 Å². The molecule has 0 spiro atoms. The Morgan fingerprint density at radius 1 is 1.20 bits per heavy atom. The van der Waals surface area contributed by atoms with E-state index in [1.54, 1.807) is 30.0 Å².